The molecule has 2 fully saturated rings. The van der Waals surface area contributed by atoms with Crippen molar-refractivity contribution in [3.63, 3.8) is 0 Å². The largest absolute Gasteiger partial charge is 0.444 e. The van der Waals surface area contributed by atoms with Gasteiger partial charge < -0.3 is 10.1 Å². The van der Waals surface area contributed by atoms with Crippen LogP contribution in [0, 0.1) is 11.3 Å². The molecule has 2 aliphatic carbocycles. The molecule has 0 bridgehead atoms. The monoisotopic (exact) mass is 567 g/mol. The zero-order chi connectivity index (χ0) is 29.7. The zero-order valence-electron chi connectivity index (χ0n) is 25.7. The number of nitrogens with one attached hydrogen (secondary N) is 3. The Kier molecular flexibility index (Phi) is 9.72. The average molecular weight is 568 g/mol. The van der Waals surface area contributed by atoms with Crippen LogP contribution >= 0.6 is 0 Å². The first-order chi connectivity index (χ1) is 19.4. The van der Waals surface area contributed by atoms with E-state index < -0.39 is 23.3 Å². The molecule has 1 heterocycles. The minimum atomic E-state index is -0.836. The molecule has 0 unspecified atom stereocenters. The minimum Gasteiger partial charge on any atom is -0.444 e. The third-order valence-electron chi connectivity index (χ3n) is 8.62. The number of ether oxygens (including phenoxy) is 1. The molecule has 1 aromatic carbocycles. The van der Waals surface area contributed by atoms with Crippen molar-refractivity contribution in [1.29, 1.82) is 0 Å². The molecule has 226 valence electrons. The zero-order valence-corrected chi connectivity index (χ0v) is 25.7. The van der Waals surface area contributed by atoms with Gasteiger partial charge in [-0.3, -0.25) is 10.2 Å². The Balaban J connectivity index is 1.56. The first-order valence-corrected chi connectivity index (χ1v) is 15.3. The van der Waals surface area contributed by atoms with Gasteiger partial charge in [-0.25, -0.2) is 14.9 Å². The molecule has 0 aliphatic heterocycles. The molecule has 0 radical (unpaired) electrons. The first-order valence-electron chi connectivity index (χ1n) is 15.3. The standard InChI is InChI=1S/C31H49N7O3/c1-29(2,3)23-17-19-31(20-18-23,27-34-36-37-38(27)24-15-11-8-12-16-24)35-33-26(39)25(21-22-13-9-7-10-14-22)32-28(40)41-30(4,5)6/h7,9-10,13-14,23-25,35H,8,11-12,15-21H2,1-6H3,(H,32,40)(H,33,39)/t23?,25-,31?/m1/s1. The van der Waals surface area contributed by atoms with Gasteiger partial charge in [-0.1, -0.05) is 70.4 Å². The molecule has 4 rings (SSSR count). The van der Waals surface area contributed by atoms with Crippen molar-refractivity contribution in [3.8, 4) is 0 Å². The number of hydrogen-bond donors (Lipinski definition) is 3. The average Bonchev–Trinajstić information content (AvgIpc) is 3.42. The lowest BCUT2D eigenvalue weighted by Gasteiger charge is -2.44. The molecule has 1 aromatic heterocycles. The molecule has 0 saturated heterocycles. The second kappa shape index (κ2) is 12.9. The van der Waals surface area contributed by atoms with Crippen molar-refractivity contribution in [3.05, 3.63) is 41.7 Å². The van der Waals surface area contributed by atoms with Gasteiger partial charge >= 0.3 is 6.09 Å². The van der Waals surface area contributed by atoms with E-state index in [1.807, 2.05) is 35.0 Å². The van der Waals surface area contributed by atoms with Gasteiger partial charge in [0.2, 0.25) is 0 Å². The van der Waals surface area contributed by atoms with Gasteiger partial charge in [0.1, 0.15) is 11.6 Å². The van der Waals surface area contributed by atoms with E-state index in [0.29, 0.717) is 12.3 Å². The van der Waals surface area contributed by atoms with Gasteiger partial charge in [-0.2, -0.15) is 0 Å². The van der Waals surface area contributed by atoms with Gasteiger partial charge in [-0.15, -0.1) is 5.10 Å². The van der Waals surface area contributed by atoms with Crippen LogP contribution in [0.1, 0.15) is 117 Å². The molecular formula is C31H49N7O3. The maximum Gasteiger partial charge on any atom is 0.408 e. The van der Waals surface area contributed by atoms with Gasteiger partial charge in [0, 0.05) is 6.42 Å². The number of carbonyl (C=O) groups excluding carboxylic acids is 2. The van der Waals surface area contributed by atoms with E-state index in [-0.39, 0.29) is 17.4 Å². The number of benzene rings is 1. The van der Waals surface area contributed by atoms with E-state index in [0.717, 1.165) is 49.9 Å². The van der Waals surface area contributed by atoms with E-state index in [2.05, 4.69) is 52.5 Å². The number of amides is 2. The van der Waals surface area contributed by atoms with E-state index >= 15 is 0 Å². The van der Waals surface area contributed by atoms with E-state index in [9.17, 15) is 9.59 Å². The Bertz CT molecular complexity index is 1140. The molecule has 2 amide bonds. The highest BCUT2D eigenvalue weighted by Gasteiger charge is 2.45. The molecule has 1 atom stereocenters. The van der Waals surface area contributed by atoms with Crippen molar-refractivity contribution in [2.75, 3.05) is 0 Å². The van der Waals surface area contributed by atoms with Gasteiger partial charge in [0.15, 0.2) is 5.82 Å². The van der Waals surface area contributed by atoms with Gasteiger partial charge in [0.05, 0.1) is 11.6 Å². The van der Waals surface area contributed by atoms with Crippen molar-refractivity contribution >= 4 is 12.0 Å². The second-order valence-electron chi connectivity index (χ2n) is 14.0. The third-order valence-corrected chi connectivity index (χ3v) is 8.62. The summed E-state index contributed by atoms with van der Waals surface area (Å²) in [5, 5.41) is 15.9. The van der Waals surface area contributed by atoms with Crippen LogP contribution in [0.3, 0.4) is 0 Å². The van der Waals surface area contributed by atoms with Crippen LogP contribution < -0.4 is 16.2 Å². The molecule has 2 saturated carbocycles. The topological polar surface area (TPSA) is 123 Å². The Hall–Kier alpha value is -3.01. The lowest BCUT2D eigenvalue weighted by atomic mass is 9.67. The van der Waals surface area contributed by atoms with E-state index in [1.165, 1.54) is 19.3 Å². The van der Waals surface area contributed by atoms with Crippen LogP contribution in [-0.2, 0) is 21.5 Å². The highest BCUT2D eigenvalue weighted by Crippen LogP contribution is 2.45. The highest BCUT2D eigenvalue weighted by molar-refractivity contribution is 5.85. The smallest absolute Gasteiger partial charge is 0.408 e. The SMILES string of the molecule is CC(C)(C)OC(=O)N[C@H](Cc1ccccc1)C(=O)NNC1(c2nnnn2C2CCCCC2)CCC(C(C)(C)C)CC1. The number of hydrogen-bond acceptors (Lipinski definition) is 7. The predicted octanol–water partition coefficient (Wildman–Crippen LogP) is 5.37. The molecule has 2 aromatic rings. The Labute approximate surface area is 244 Å². The number of alkyl carbamates (subject to hydrolysis) is 1. The van der Waals surface area contributed by atoms with E-state index in [4.69, 9.17) is 4.74 Å². The predicted molar refractivity (Wildman–Crippen MR) is 158 cm³/mol. The van der Waals surface area contributed by atoms with Crippen LogP contribution in [0.2, 0.25) is 0 Å². The summed E-state index contributed by atoms with van der Waals surface area (Å²) in [7, 11) is 0. The fourth-order valence-corrected chi connectivity index (χ4v) is 6.24. The highest BCUT2D eigenvalue weighted by atomic mass is 16.6. The fraction of sp³-hybridized carbons (Fsp3) is 0.710. The number of tetrazole rings is 1. The summed E-state index contributed by atoms with van der Waals surface area (Å²) >= 11 is 0. The molecule has 41 heavy (non-hydrogen) atoms. The molecule has 10 heteroatoms. The lowest BCUT2D eigenvalue weighted by molar-refractivity contribution is -0.125. The summed E-state index contributed by atoms with van der Waals surface area (Å²) in [6, 6.07) is 9.08. The molecule has 10 nitrogen and oxygen atoms in total. The first kappa shape index (κ1) is 30.9. The quantitative estimate of drug-likeness (QED) is 0.367. The maximum absolute atomic E-state index is 13.7. The number of carbonyl (C=O) groups is 2. The van der Waals surface area contributed by atoms with Crippen molar-refractivity contribution in [2.45, 2.75) is 129 Å². The molecule has 2 aliphatic rings. The van der Waals surface area contributed by atoms with Crippen LogP contribution in [0.25, 0.3) is 0 Å². The number of nitrogens with zero attached hydrogens (tertiary/aromatic N) is 4. The van der Waals surface area contributed by atoms with E-state index in [1.54, 1.807) is 20.8 Å². The third kappa shape index (κ3) is 8.27. The molecule has 0 spiro atoms. The Morgan fingerprint density at radius 3 is 2.27 bits per heavy atom. The van der Waals surface area contributed by atoms with Crippen molar-refractivity contribution in [2.24, 2.45) is 11.3 Å². The molecular weight excluding hydrogens is 518 g/mol. The van der Waals surface area contributed by atoms with Crippen molar-refractivity contribution < 1.29 is 14.3 Å². The van der Waals surface area contributed by atoms with Crippen LogP contribution in [-0.4, -0.2) is 43.9 Å². The maximum atomic E-state index is 13.7. The Morgan fingerprint density at radius 2 is 1.66 bits per heavy atom. The molecule has 3 N–H and O–H groups in total. The number of rotatable bonds is 8. The van der Waals surface area contributed by atoms with Gasteiger partial charge in [0.25, 0.3) is 5.91 Å². The lowest BCUT2D eigenvalue weighted by Crippen LogP contribution is -2.59. The summed E-state index contributed by atoms with van der Waals surface area (Å²) in [5.74, 6) is 1.01. The van der Waals surface area contributed by atoms with Crippen LogP contribution in [0.4, 0.5) is 4.79 Å². The fourth-order valence-electron chi connectivity index (χ4n) is 6.24. The Morgan fingerprint density at radius 1 is 1.00 bits per heavy atom. The summed E-state index contributed by atoms with van der Waals surface area (Å²) in [6.45, 7) is 12.3. The number of hydrazine groups is 1. The van der Waals surface area contributed by atoms with Crippen molar-refractivity contribution in [1.82, 2.24) is 36.4 Å². The summed E-state index contributed by atoms with van der Waals surface area (Å²) in [4.78, 5) is 26.4. The second-order valence-corrected chi connectivity index (χ2v) is 14.0. The van der Waals surface area contributed by atoms with Crippen LogP contribution in [0.5, 0.6) is 0 Å². The summed E-state index contributed by atoms with van der Waals surface area (Å²) in [6.07, 6.45) is 8.98. The summed E-state index contributed by atoms with van der Waals surface area (Å²) in [5.41, 5.74) is 6.25. The van der Waals surface area contributed by atoms with Crippen LogP contribution in [0.15, 0.2) is 30.3 Å². The normalized spacial score (nSPS) is 23.0. The number of aromatic nitrogens is 4. The minimum absolute atomic E-state index is 0.197. The summed E-state index contributed by atoms with van der Waals surface area (Å²) < 4.78 is 7.49. The van der Waals surface area contributed by atoms with Gasteiger partial charge in [-0.05, 0) is 86.6 Å².